The van der Waals surface area contributed by atoms with Crippen LogP contribution in [0.5, 0.6) is 0 Å². The standard InChI is InChI=1S/C24H24N4O2/c1-18(26(2)23(29)14-16-27-15-6-5-9-24(27)30)19-10-12-20(13-11-19)28-17-25-21-7-3-4-8-22(21)28/h3-13,15,17-18H,14,16H2,1-2H3. The van der Waals surface area contributed by atoms with Crippen molar-refractivity contribution >= 4 is 16.9 Å². The fourth-order valence-corrected chi connectivity index (χ4v) is 3.56. The number of carbonyl (C=O) groups excluding carboxylic acids is 1. The molecule has 30 heavy (non-hydrogen) atoms. The summed E-state index contributed by atoms with van der Waals surface area (Å²) in [4.78, 5) is 30.6. The summed E-state index contributed by atoms with van der Waals surface area (Å²) >= 11 is 0. The SMILES string of the molecule is CC(c1ccc(-n2cnc3ccccc32)cc1)N(C)C(=O)CCn1ccccc1=O. The monoisotopic (exact) mass is 400 g/mol. The zero-order valence-electron chi connectivity index (χ0n) is 17.1. The van der Waals surface area contributed by atoms with Crippen LogP contribution in [0.15, 0.2) is 84.0 Å². The van der Waals surface area contributed by atoms with Crippen LogP contribution in [-0.4, -0.2) is 32.0 Å². The van der Waals surface area contributed by atoms with Gasteiger partial charge in [-0.05, 0) is 42.8 Å². The Morgan fingerprint density at radius 3 is 2.53 bits per heavy atom. The van der Waals surface area contributed by atoms with Crippen LogP contribution in [0.3, 0.4) is 0 Å². The highest BCUT2D eigenvalue weighted by atomic mass is 16.2. The summed E-state index contributed by atoms with van der Waals surface area (Å²) in [6.07, 6.45) is 3.81. The summed E-state index contributed by atoms with van der Waals surface area (Å²) in [6, 6.07) is 21.1. The summed E-state index contributed by atoms with van der Waals surface area (Å²) in [5.41, 5.74) is 4.00. The highest BCUT2D eigenvalue weighted by molar-refractivity contribution is 5.77. The van der Waals surface area contributed by atoms with Crippen LogP contribution >= 0.6 is 0 Å². The number of aromatic nitrogens is 3. The highest BCUT2D eigenvalue weighted by Crippen LogP contribution is 2.23. The number of rotatable bonds is 6. The molecule has 0 aliphatic carbocycles. The summed E-state index contributed by atoms with van der Waals surface area (Å²) in [5.74, 6) is 0.00272. The molecule has 4 rings (SSSR count). The minimum absolute atomic E-state index is 0.00272. The van der Waals surface area contributed by atoms with Crippen molar-refractivity contribution in [2.24, 2.45) is 0 Å². The van der Waals surface area contributed by atoms with Gasteiger partial charge in [0, 0.05) is 38.0 Å². The first-order valence-electron chi connectivity index (χ1n) is 9.98. The van der Waals surface area contributed by atoms with Gasteiger partial charge in [-0.3, -0.25) is 14.2 Å². The third-order valence-electron chi connectivity index (χ3n) is 5.55. The topological polar surface area (TPSA) is 60.1 Å². The Labute approximate surface area is 175 Å². The van der Waals surface area contributed by atoms with Gasteiger partial charge in [-0.1, -0.05) is 30.3 Å². The van der Waals surface area contributed by atoms with Gasteiger partial charge in [0.15, 0.2) is 0 Å². The van der Waals surface area contributed by atoms with Crippen LogP contribution in [0.4, 0.5) is 0 Å². The van der Waals surface area contributed by atoms with Crippen molar-refractivity contribution in [3.05, 3.63) is 95.2 Å². The van der Waals surface area contributed by atoms with Crippen molar-refractivity contribution in [1.29, 1.82) is 0 Å². The van der Waals surface area contributed by atoms with Crippen molar-refractivity contribution in [2.75, 3.05) is 7.05 Å². The zero-order valence-corrected chi connectivity index (χ0v) is 17.1. The summed E-state index contributed by atoms with van der Waals surface area (Å²) in [7, 11) is 1.80. The summed E-state index contributed by atoms with van der Waals surface area (Å²) in [5, 5.41) is 0. The van der Waals surface area contributed by atoms with E-state index in [-0.39, 0.29) is 23.9 Å². The lowest BCUT2D eigenvalue weighted by molar-refractivity contribution is -0.132. The molecule has 2 aromatic heterocycles. The zero-order chi connectivity index (χ0) is 21.1. The molecule has 0 saturated heterocycles. The van der Waals surface area contributed by atoms with Gasteiger partial charge in [0.05, 0.1) is 17.1 Å². The average Bonchev–Trinajstić information content (AvgIpc) is 3.21. The van der Waals surface area contributed by atoms with Crippen molar-refractivity contribution in [2.45, 2.75) is 25.9 Å². The highest BCUT2D eigenvalue weighted by Gasteiger charge is 2.17. The fourth-order valence-electron chi connectivity index (χ4n) is 3.56. The lowest BCUT2D eigenvalue weighted by Crippen LogP contribution is -2.31. The normalized spacial score (nSPS) is 12.1. The van der Waals surface area contributed by atoms with E-state index in [2.05, 4.69) is 9.55 Å². The van der Waals surface area contributed by atoms with Crippen LogP contribution in [-0.2, 0) is 11.3 Å². The maximum atomic E-state index is 12.6. The second kappa shape index (κ2) is 8.37. The molecule has 1 atom stereocenters. The fraction of sp³-hybridized carbons (Fsp3) is 0.208. The number of aryl methyl sites for hydroxylation is 1. The van der Waals surface area contributed by atoms with E-state index >= 15 is 0 Å². The second-order valence-electron chi connectivity index (χ2n) is 7.36. The quantitative estimate of drug-likeness (QED) is 0.495. The van der Waals surface area contributed by atoms with Crippen LogP contribution in [0.25, 0.3) is 16.7 Å². The van der Waals surface area contributed by atoms with Gasteiger partial charge < -0.3 is 9.47 Å². The Morgan fingerprint density at radius 2 is 1.77 bits per heavy atom. The molecule has 2 heterocycles. The van der Waals surface area contributed by atoms with Crippen LogP contribution in [0.2, 0.25) is 0 Å². The average molecular weight is 400 g/mol. The molecular weight excluding hydrogens is 376 g/mol. The molecule has 0 fully saturated rings. The lowest BCUT2D eigenvalue weighted by atomic mass is 10.1. The maximum absolute atomic E-state index is 12.6. The molecule has 152 valence electrons. The summed E-state index contributed by atoms with van der Waals surface area (Å²) in [6.45, 7) is 2.39. The van der Waals surface area contributed by atoms with E-state index in [1.807, 2.05) is 61.8 Å². The predicted octanol–water partition coefficient (Wildman–Crippen LogP) is 3.80. The predicted molar refractivity (Wildman–Crippen MR) is 118 cm³/mol. The van der Waals surface area contributed by atoms with Crippen LogP contribution in [0, 0.1) is 0 Å². The van der Waals surface area contributed by atoms with E-state index in [9.17, 15) is 9.59 Å². The molecule has 0 aliphatic rings. The number of fused-ring (bicyclic) bond motifs is 1. The first-order chi connectivity index (χ1) is 14.5. The van der Waals surface area contributed by atoms with Crippen molar-refractivity contribution in [3.8, 4) is 5.69 Å². The number of nitrogens with zero attached hydrogens (tertiary/aromatic N) is 4. The molecule has 0 aliphatic heterocycles. The van der Waals surface area contributed by atoms with E-state index in [0.29, 0.717) is 6.54 Å². The minimum Gasteiger partial charge on any atom is -0.339 e. The van der Waals surface area contributed by atoms with E-state index < -0.39 is 0 Å². The van der Waals surface area contributed by atoms with E-state index in [4.69, 9.17) is 0 Å². The number of para-hydroxylation sites is 2. The first-order valence-corrected chi connectivity index (χ1v) is 9.98. The number of imidazole rings is 1. The van der Waals surface area contributed by atoms with E-state index in [1.54, 1.807) is 34.8 Å². The Bertz CT molecular complexity index is 1220. The molecule has 2 aromatic carbocycles. The number of hydrogen-bond acceptors (Lipinski definition) is 3. The third kappa shape index (κ3) is 3.89. The molecule has 4 aromatic rings. The van der Waals surface area contributed by atoms with E-state index in [1.165, 1.54) is 6.07 Å². The molecule has 1 amide bonds. The molecule has 6 nitrogen and oxygen atoms in total. The van der Waals surface area contributed by atoms with Gasteiger partial charge >= 0.3 is 0 Å². The summed E-state index contributed by atoms with van der Waals surface area (Å²) < 4.78 is 3.61. The number of pyridine rings is 1. The Kier molecular flexibility index (Phi) is 5.48. The van der Waals surface area contributed by atoms with Gasteiger partial charge in [-0.25, -0.2) is 4.98 Å². The number of hydrogen-bond donors (Lipinski definition) is 0. The molecule has 0 radical (unpaired) electrons. The minimum atomic E-state index is -0.0939. The smallest absolute Gasteiger partial charge is 0.250 e. The van der Waals surface area contributed by atoms with Gasteiger partial charge in [0.2, 0.25) is 5.91 Å². The van der Waals surface area contributed by atoms with Crippen molar-refractivity contribution < 1.29 is 4.79 Å². The van der Waals surface area contributed by atoms with Crippen molar-refractivity contribution in [3.63, 3.8) is 0 Å². The first kappa shape index (κ1) is 19.6. The van der Waals surface area contributed by atoms with E-state index in [0.717, 1.165) is 22.3 Å². The molecular formula is C24H24N4O2. The number of amides is 1. The molecule has 0 bridgehead atoms. The Morgan fingerprint density at radius 1 is 1.03 bits per heavy atom. The van der Waals surface area contributed by atoms with Gasteiger partial charge in [0.25, 0.3) is 5.56 Å². The van der Waals surface area contributed by atoms with Gasteiger partial charge in [-0.15, -0.1) is 0 Å². The molecule has 6 heteroatoms. The third-order valence-corrected chi connectivity index (χ3v) is 5.55. The van der Waals surface area contributed by atoms with Crippen molar-refractivity contribution in [1.82, 2.24) is 19.0 Å². The lowest BCUT2D eigenvalue weighted by Gasteiger charge is -2.26. The molecule has 1 unspecified atom stereocenters. The maximum Gasteiger partial charge on any atom is 0.250 e. The van der Waals surface area contributed by atoms with Gasteiger partial charge in [-0.2, -0.15) is 0 Å². The largest absolute Gasteiger partial charge is 0.339 e. The number of carbonyl (C=O) groups is 1. The molecule has 0 N–H and O–H groups in total. The van der Waals surface area contributed by atoms with Gasteiger partial charge in [0.1, 0.15) is 6.33 Å². The Hall–Kier alpha value is -3.67. The second-order valence-corrected chi connectivity index (χ2v) is 7.36. The number of benzene rings is 2. The van der Waals surface area contributed by atoms with Crippen LogP contribution in [0.1, 0.15) is 24.9 Å². The Balaban J connectivity index is 1.45. The molecule has 0 spiro atoms. The van der Waals surface area contributed by atoms with Crippen LogP contribution < -0.4 is 5.56 Å². The molecule has 0 saturated carbocycles.